The molecule has 0 unspecified atom stereocenters. The Kier molecular flexibility index (Phi) is 3.62. The zero-order chi connectivity index (χ0) is 13.1. The highest BCUT2D eigenvalue weighted by Gasteiger charge is 2.09. The van der Waals surface area contributed by atoms with E-state index in [-0.39, 0.29) is 4.87 Å². The van der Waals surface area contributed by atoms with E-state index in [2.05, 4.69) is 0 Å². The maximum atomic E-state index is 11.7. The Balaban J connectivity index is 2.44. The summed E-state index contributed by atoms with van der Waals surface area (Å²) in [6.45, 7) is 2.30. The second kappa shape index (κ2) is 5.18. The van der Waals surface area contributed by atoms with Gasteiger partial charge in [0.25, 0.3) is 0 Å². The van der Waals surface area contributed by atoms with Crippen LogP contribution in [0.25, 0.3) is 0 Å². The van der Waals surface area contributed by atoms with Crippen molar-refractivity contribution >= 4 is 17.6 Å². The van der Waals surface area contributed by atoms with Crippen LogP contribution in [-0.2, 0) is 6.54 Å². The maximum absolute atomic E-state index is 11.7. The Morgan fingerprint density at radius 2 is 2.22 bits per heavy atom. The van der Waals surface area contributed by atoms with Gasteiger partial charge in [-0.25, -0.2) is 0 Å². The maximum Gasteiger partial charge on any atom is 0.307 e. The first-order valence-corrected chi connectivity index (χ1v) is 6.30. The lowest BCUT2D eigenvalue weighted by Crippen LogP contribution is -2.15. The van der Waals surface area contributed by atoms with Gasteiger partial charge in [0.15, 0.2) is 0 Å². The van der Waals surface area contributed by atoms with Crippen molar-refractivity contribution in [3.05, 3.63) is 50.1 Å². The predicted octanol–water partition coefficient (Wildman–Crippen LogP) is 2.09. The zero-order valence-corrected chi connectivity index (χ0v) is 11.0. The Hall–Kier alpha value is -1.88. The van der Waals surface area contributed by atoms with E-state index in [1.807, 2.05) is 12.3 Å². The molecule has 0 saturated heterocycles. The lowest BCUT2D eigenvalue weighted by molar-refractivity contribution is 0.112. The number of hydrogen-bond donors (Lipinski definition) is 0. The number of aldehydes is 1. The molecular formula is C13H13NO3S. The number of rotatable bonds is 4. The molecule has 2 rings (SSSR count). The molecule has 0 saturated carbocycles. The number of carbonyl (C=O) groups is 1. The second-order valence-electron chi connectivity index (χ2n) is 3.92. The van der Waals surface area contributed by atoms with Gasteiger partial charge >= 0.3 is 4.87 Å². The van der Waals surface area contributed by atoms with Gasteiger partial charge in [0.1, 0.15) is 12.0 Å². The van der Waals surface area contributed by atoms with Gasteiger partial charge in [-0.05, 0) is 25.1 Å². The van der Waals surface area contributed by atoms with Crippen molar-refractivity contribution in [3.63, 3.8) is 0 Å². The van der Waals surface area contributed by atoms with Crippen molar-refractivity contribution in [2.45, 2.75) is 13.5 Å². The van der Waals surface area contributed by atoms with Crippen molar-refractivity contribution in [2.75, 3.05) is 7.11 Å². The number of carbonyl (C=O) groups excluding carboxylic acids is 1. The fourth-order valence-electron chi connectivity index (χ4n) is 1.76. The van der Waals surface area contributed by atoms with E-state index >= 15 is 0 Å². The Labute approximate surface area is 108 Å². The monoisotopic (exact) mass is 263 g/mol. The van der Waals surface area contributed by atoms with E-state index in [9.17, 15) is 9.59 Å². The van der Waals surface area contributed by atoms with E-state index in [4.69, 9.17) is 4.74 Å². The number of thiazole rings is 1. The summed E-state index contributed by atoms with van der Waals surface area (Å²) < 4.78 is 6.91. The summed E-state index contributed by atoms with van der Waals surface area (Å²) in [7, 11) is 1.57. The molecule has 0 aliphatic carbocycles. The molecule has 94 valence electrons. The molecule has 2 aromatic rings. The highest BCUT2D eigenvalue weighted by molar-refractivity contribution is 7.07. The molecular weight excluding hydrogens is 250 g/mol. The van der Waals surface area contributed by atoms with Crippen LogP contribution >= 0.6 is 11.3 Å². The van der Waals surface area contributed by atoms with Crippen LogP contribution in [0, 0.1) is 6.92 Å². The number of methoxy groups -OCH3 is 1. The number of ether oxygens (including phenoxy) is 1. The first kappa shape index (κ1) is 12.6. The molecule has 1 aromatic carbocycles. The van der Waals surface area contributed by atoms with Crippen molar-refractivity contribution in [1.82, 2.24) is 4.57 Å². The van der Waals surface area contributed by atoms with Gasteiger partial charge in [-0.2, -0.15) is 0 Å². The van der Waals surface area contributed by atoms with Gasteiger partial charge in [-0.3, -0.25) is 14.2 Å². The largest absolute Gasteiger partial charge is 0.496 e. The van der Waals surface area contributed by atoms with Gasteiger partial charge in [0.05, 0.1) is 13.7 Å². The minimum Gasteiger partial charge on any atom is -0.496 e. The highest BCUT2D eigenvalue weighted by Crippen LogP contribution is 2.20. The molecule has 0 N–H and O–H groups in total. The summed E-state index contributed by atoms with van der Waals surface area (Å²) in [4.78, 5) is 22.4. The third-order valence-corrected chi connectivity index (χ3v) is 3.63. The van der Waals surface area contributed by atoms with Crippen LogP contribution in [0.5, 0.6) is 5.75 Å². The highest BCUT2D eigenvalue weighted by atomic mass is 32.1. The Morgan fingerprint density at radius 1 is 1.44 bits per heavy atom. The summed E-state index contributed by atoms with van der Waals surface area (Å²) in [5.41, 5.74) is 2.31. The lowest BCUT2D eigenvalue weighted by Gasteiger charge is -2.10. The zero-order valence-electron chi connectivity index (χ0n) is 10.2. The third-order valence-electron chi connectivity index (χ3n) is 2.75. The van der Waals surface area contributed by atoms with Crippen LogP contribution in [0.2, 0.25) is 0 Å². The van der Waals surface area contributed by atoms with Crippen LogP contribution in [0.4, 0.5) is 0 Å². The number of nitrogens with zero attached hydrogens (tertiary/aromatic N) is 1. The van der Waals surface area contributed by atoms with E-state index < -0.39 is 0 Å². The minimum absolute atomic E-state index is 0.00828. The Morgan fingerprint density at radius 3 is 2.78 bits per heavy atom. The summed E-state index contributed by atoms with van der Waals surface area (Å²) in [5.74, 6) is 0.679. The molecule has 0 aliphatic heterocycles. The standard InChI is InChI=1S/C13H13NO3S/c1-9-8-18-13(16)14(9)6-11-5-10(7-15)3-4-12(11)17-2/h3-5,7-8H,6H2,1-2H3. The molecule has 4 nitrogen and oxygen atoms in total. The molecule has 1 aromatic heterocycles. The van der Waals surface area contributed by atoms with Gasteiger partial charge in [-0.1, -0.05) is 11.3 Å². The number of hydrogen-bond acceptors (Lipinski definition) is 4. The quantitative estimate of drug-likeness (QED) is 0.794. The molecule has 1 heterocycles. The van der Waals surface area contributed by atoms with Crippen LogP contribution < -0.4 is 9.61 Å². The fourth-order valence-corrected chi connectivity index (χ4v) is 2.50. The molecule has 0 amide bonds. The SMILES string of the molecule is COc1ccc(C=O)cc1Cn1c(C)csc1=O. The van der Waals surface area contributed by atoms with E-state index in [1.165, 1.54) is 11.3 Å². The molecule has 0 spiro atoms. The van der Waals surface area contributed by atoms with Crippen LogP contribution in [0.3, 0.4) is 0 Å². The smallest absolute Gasteiger partial charge is 0.307 e. The normalized spacial score (nSPS) is 10.3. The number of aryl methyl sites for hydroxylation is 1. The van der Waals surface area contributed by atoms with Crippen molar-refractivity contribution < 1.29 is 9.53 Å². The summed E-state index contributed by atoms with van der Waals surface area (Å²) in [5, 5.41) is 1.82. The Bertz CT molecular complexity index is 627. The lowest BCUT2D eigenvalue weighted by atomic mass is 10.1. The van der Waals surface area contributed by atoms with Gasteiger partial charge in [0.2, 0.25) is 0 Å². The molecule has 0 aliphatic rings. The topological polar surface area (TPSA) is 48.3 Å². The molecule has 0 atom stereocenters. The number of benzene rings is 1. The van der Waals surface area contributed by atoms with Crippen molar-refractivity contribution in [2.24, 2.45) is 0 Å². The van der Waals surface area contributed by atoms with Crippen molar-refractivity contribution in [3.8, 4) is 5.75 Å². The number of aromatic nitrogens is 1. The molecule has 0 bridgehead atoms. The first-order chi connectivity index (χ1) is 8.65. The van der Waals surface area contributed by atoms with Crippen molar-refractivity contribution in [1.29, 1.82) is 0 Å². The summed E-state index contributed by atoms with van der Waals surface area (Å²) >= 11 is 1.17. The molecule has 0 radical (unpaired) electrons. The minimum atomic E-state index is -0.00828. The summed E-state index contributed by atoms with van der Waals surface area (Å²) in [6.07, 6.45) is 0.784. The van der Waals surface area contributed by atoms with Gasteiger partial charge in [-0.15, -0.1) is 0 Å². The molecule has 18 heavy (non-hydrogen) atoms. The van der Waals surface area contributed by atoms with Gasteiger partial charge in [0, 0.05) is 22.2 Å². The first-order valence-electron chi connectivity index (χ1n) is 5.42. The average molecular weight is 263 g/mol. The second-order valence-corrected chi connectivity index (χ2v) is 4.74. The molecule has 0 fully saturated rings. The summed E-state index contributed by atoms with van der Waals surface area (Å²) in [6, 6.07) is 5.18. The fraction of sp³-hybridized carbons (Fsp3) is 0.231. The third kappa shape index (κ3) is 2.36. The van der Waals surface area contributed by atoms with E-state index in [1.54, 1.807) is 29.9 Å². The average Bonchev–Trinajstić information content (AvgIpc) is 2.70. The van der Waals surface area contributed by atoms with E-state index in [0.717, 1.165) is 17.5 Å². The van der Waals surface area contributed by atoms with Crippen LogP contribution in [0.1, 0.15) is 21.6 Å². The van der Waals surface area contributed by atoms with E-state index in [0.29, 0.717) is 17.9 Å². The van der Waals surface area contributed by atoms with Crippen LogP contribution in [-0.4, -0.2) is 18.0 Å². The molecule has 5 heteroatoms. The predicted molar refractivity (Wildman–Crippen MR) is 70.8 cm³/mol. The van der Waals surface area contributed by atoms with Gasteiger partial charge < -0.3 is 4.74 Å². The van der Waals surface area contributed by atoms with Crippen LogP contribution in [0.15, 0.2) is 28.4 Å².